The highest BCUT2D eigenvalue weighted by Gasteiger charge is 2.13. The smallest absolute Gasteiger partial charge is 0.0715 e. The molecule has 0 aromatic carbocycles. The fourth-order valence-electron chi connectivity index (χ4n) is 1.37. The molecule has 2 nitrogen and oxygen atoms in total. The molecule has 0 saturated carbocycles. The van der Waals surface area contributed by atoms with Crippen LogP contribution in [-0.2, 0) is 0 Å². The minimum Gasteiger partial charge on any atom is -0.391 e. The van der Waals surface area contributed by atoms with Crippen LogP contribution in [0.5, 0.6) is 0 Å². The summed E-state index contributed by atoms with van der Waals surface area (Å²) in [5.41, 5.74) is 0. The Morgan fingerprint density at radius 2 is 2.45 bits per heavy atom. The van der Waals surface area contributed by atoms with Crippen molar-refractivity contribution in [1.82, 2.24) is 4.90 Å². The number of β-amino-alcohol motifs (C(OH)–C–C–N with tert-alkyl or cyclic N) is 1. The monoisotopic (exact) mass is 155 g/mol. The Morgan fingerprint density at radius 1 is 1.64 bits per heavy atom. The Kier molecular flexibility index (Phi) is 3.43. The summed E-state index contributed by atoms with van der Waals surface area (Å²) in [6.45, 7) is 4.04. The minimum absolute atomic E-state index is 0.106. The fourth-order valence-corrected chi connectivity index (χ4v) is 1.37. The summed E-state index contributed by atoms with van der Waals surface area (Å²) in [5.74, 6) is 0. The molecule has 1 fully saturated rings. The van der Waals surface area contributed by atoms with E-state index in [2.05, 4.69) is 24.1 Å². The number of aliphatic hydroxyl groups is 1. The highest BCUT2D eigenvalue weighted by molar-refractivity contribution is 4.85. The second-order valence-electron chi connectivity index (χ2n) is 3.08. The van der Waals surface area contributed by atoms with E-state index in [-0.39, 0.29) is 6.10 Å². The van der Waals surface area contributed by atoms with Crippen LogP contribution >= 0.6 is 0 Å². The highest BCUT2D eigenvalue weighted by Crippen LogP contribution is 2.09. The number of rotatable bonds is 2. The van der Waals surface area contributed by atoms with Gasteiger partial charge in [-0.3, -0.25) is 0 Å². The number of nitrogens with zero attached hydrogens (tertiary/aromatic N) is 1. The number of aliphatic hydroxyl groups excluding tert-OH is 1. The van der Waals surface area contributed by atoms with Gasteiger partial charge in [0.2, 0.25) is 0 Å². The zero-order valence-corrected chi connectivity index (χ0v) is 7.16. The molecule has 0 aromatic heterocycles. The lowest BCUT2D eigenvalue weighted by Gasteiger charge is -2.28. The summed E-state index contributed by atoms with van der Waals surface area (Å²) in [4.78, 5) is 2.19. The minimum atomic E-state index is -0.106. The van der Waals surface area contributed by atoms with Crippen molar-refractivity contribution >= 4 is 0 Å². The second-order valence-corrected chi connectivity index (χ2v) is 3.08. The van der Waals surface area contributed by atoms with E-state index >= 15 is 0 Å². The van der Waals surface area contributed by atoms with Gasteiger partial charge in [0.1, 0.15) is 0 Å². The molecule has 2 heteroatoms. The highest BCUT2D eigenvalue weighted by atomic mass is 16.3. The SMILES string of the molecule is CCC=CN1CCCC(O)C1. The van der Waals surface area contributed by atoms with Crippen LogP contribution in [0.25, 0.3) is 0 Å². The first-order valence-electron chi connectivity index (χ1n) is 4.41. The molecule has 1 rings (SSSR count). The van der Waals surface area contributed by atoms with Gasteiger partial charge in [-0.1, -0.05) is 13.0 Å². The maximum Gasteiger partial charge on any atom is 0.0715 e. The van der Waals surface area contributed by atoms with Crippen LogP contribution in [0.4, 0.5) is 0 Å². The van der Waals surface area contributed by atoms with Crippen LogP contribution in [0.15, 0.2) is 12.3 Å². The van der Waals surface area contributed by atoms with Gasteiger partial charge in [0.15, 0.2) is 0 Å². The van der Waals surface area contributed by atoms with Gasteiger partial charge in [-0.15, -0.1) is 0 Å². The van der Waals surface area contributed by atoms with Crippen molar-refractivity contribution in [3.8, 4) is 0 Å². The topological polar surface area (TPSA) is 23.5 Å². The quantitative estimate of drug-likeness (QED) is 0.651. The predicted octanol–water partition coefficient (Wildman–Crippen LogP) is 1.37. The van der Waals surface area contributed by atoms with Gasteiger partial charge in [-0.2, -0.15) is 0 Å². The molecule has 0 spiro atoms. The van der Waals surface area contributed by atoms with Crippen LogP contribution in [0.2, 0.25) is 0 Å². The molecule has 1 heterocycles. The first-order valence-corrected chi connectivity index (χ1v) is 4.41. The van der Waals surface area contributed by atoms with Gasteiger partial charge in [-0.05, 0) is 25.5 Å². The number of hydrogen-bond acceptors (Lipinski definition) is 2. The van der Waals surface area contributed by atoms with Crippen LogP contribution in [0, 0.1) is 0 Å². The van der Waals surface area contributed by atoms with Crippen molar-refractivity contribution in [3.05, 3.63) is 12.3 Å². The number of hydrogen-bond donors (Lipinski definition) is 1. The van der Waals surface area contributed by atoms with E-state index in [1.165, 1.54) is 0 Å². The summed E-state index contributed by atoms with van der Waals surface area (Å²) in [7, 11) is 0. The van der Waals surface area contributed by atoms with E-state index in [9.17, 15) is 5.11 Å². The molecule has 1 unspecified atom stereocenters. The van der Waals surface area contributed by atoms with Gasteiger partial charge in [0.25, 0.3) is 0 Å². The Bertz CT molecular complexity index is 134. The normalized spacial score (nSPS) is 26.4. The summed E-state index contributed by atoms with van der Waals surface area (Å²) in [5, 5.41) is 9.30. The van der Waals surface area contributed by atoms with E-state index in [0.29, 0.717) is 0 Å². The molecule has 0 amide bonds. The van der Waals surface area contributed by atoms with E-state index in [1.807, 2.05) is 0 Å². The summed E-state index contributed by atoms with van der Waals surface area (Å²) < 4.78 is 0. The van der Waals surface area contributed by atoms with E-state index < -0.39 is 0 Å². The largest absolute Gasteiger partial charge is 0.391 e. The average molecular weight is 155 g/mol. The van der Waals surface area contributed by atoms with Gasteiger partial charge in [0, 0.05) is 13.1 Å². The molecular formula is C9H17NO. The van der Waals surface area contributed by atoms with Crippen molar-refractivity contribution in [2.24, 2.45) is 0 Å². The van der Waals surface area contributed by atoms with Gasteiger partial charge in [0.05, 0.1) is 6.10 Å². The molecule has 1 atom stereocenters. The zero-order chi connectivity index (χ0) is 8.10. The first-order chi connectivity index (χ1) is 5.33. The fraction of sp³-hybridized carbons (Fsp3) is 0.778. The average Bonchev–Trinajstić information content (AvgIpc) is 2.01. The van der Waals surface area contributed by atoms with Crippen LogP contribution in [-0.4, -0.2) is 29.2 Å². The third kappa shape index (κ3) is 2.93. The van der Waals surface area contributed by atoms with E-state index in [4.69, 9.17) is 0 Å². The maximum absolute atomic E-state index is 9.30. The molecule has 1 N–H and O–H groups in total. The third-order valence-corrected chi connectivity index (χ3v) is 1.98. The number of piperidine rings is 1. The molecule has 0 aliphatic carbocycles. The molecule has 0 aromatic rings. The molecular weight excluding hydrogens is 138 g/mol. The molecule has 1 aliphatic heterocycles. The molecule has 1 aliphatic rings. The number of likely N-dealkylation sites (tertiary alicyclic amines) is 1. The molecule has 64 valence electrons. The zero-order valence-electron chi connectivity index (χ0n) is 7.16. The number of allylic oxidation sites excluding steroid dienone is 1. The third-order valence-electron chi connectivity index (χ3n) is 1.98. The Balaban J connectivity index is 2.28. The van der Waals surface area contributed by atoms with Crippen molar-refractivity contribution in [2.45, 2.75) is 32.3 Å². The van der Waals surface area contributed by atoms with Gasteiger partial charge >= 0.3 is 0 Å². The summed E-state index contributed by atoms with van der Waals surface area (Å²) in [6.07, 6.45) is 7.30. The lowest BCUT2D eigenvalue weighted by Crippen LogP contribution is -2.34. The van der Waals surface area contributed by atoms with Gasteiger partial charge in [-0.25, -0.2) is 0 Å². The Labute approximate surface area is 68.5 Å². The van der Waals surface area contributed by atoms with Gasteiger partial charge < -0.3 is 10.0 Å². The van der Waals surface area contributed by atoms with E-state index in [1.54, 1.807) is 0 Å². The Morgan fingerprint density at radius 3 is 3.09 bits per heavy atom. The summed E-state index contributed by atoms with van der Waals surface area (Å²) >= 11 is 0. The van der Waals surface area contributed by atoms with Crippen molar-refractivity contribution < 1.29 is 5.11 Å². The van der Waals surface area contributed by atoms with Crippen molar-refractivity contribution in [3.63, 3.8) is 0 Å². The van der Waals surface area contributed by atoms with Crippen LogP contribution in [0.3, 0.4) is 0 Å². The van der Waals surface area contributed by atoms with Crippen molar-refractivity contribution in [2.75, 3.05) is 13.1 Å². The predicted molar refractivity (Wildman–Crippen MR) is 46.2 cm³/mol. The summed E-state index contributed by atoms with van der Waals surface area (Å²) in [6, 6.07) is 0. The molecule has 0 radical (unpaired) electrons. The van der Waals surface area contributed by atoms with Crippen LogP contribution < -0.4 is 0 Å². The first kappa shape index (κ1) is 8.60. The molecule has 11 heavy (non-hydrogen) atoms. The van der Waals surface area contributed by atoms with E-state index in [0.717, 1.165) is 32.4 Å². The molecule has 0 bridgehead atoms. The lowest BCUT2D eigenvalue weighted by molar-refractivity contribution is 0.0940. The van der Waals surface area contributed by atoms with Crippen molar-refractivity contribution in [1.29, 1.82) is 0 Å². The molecule has 1 saturated heterocycles. The lowest BCUT2D eigenvalue weighted by atomic mass is 10.1. The maximum atomic E-state index is 9.30. The standard InChI is InChI=1S/C9H17NO/c1-2-3-6-10-7-4-5-9(11)8-10/h3,6,9,11H,2,4-5,7-8H2,1H3. The second kappa shape index (κ2) is 4.39. The Hall–Kier alpha value is -0.500. The van der Waals surface area contributed by atoms with Crippen LogP contribution in [0.1, 0.15) is 26.2 Å².